The number of aromatic nitrogens is 2. The monoisotopic (exact) mass is 261 g/mol. The Morgan fingerprint density at radius 3 is 2.74 bits per heavy atom. The van der Waals surface area contributed by atoms with E-state index in [2.05, 4.69) is 20.6 Å². The molecule has 0 saturated heterocycles. The Bertz CT molecular complexity index is 585. The molecule has 5 nitrogen and oxygen atoms in total. The van der Waals surface area contributed by atoms with E-state index in [1.165, 1.54) is 6.07 Å². The SMILES string of the molecule is CCNc1cc(Nc2cccc(F)c2C)nc(N)n1. The predicted molar refractivity (Wildman–Crippen MR) is 75.0 cm³/mol. The number of nitrogens with zero attached hydrogens (tertiary/aromatic N) is 2. The third-order valence-electron chi connectivity index (χ3n) is 2.63. The van der Waals surface area contributed by atoms with Crippen molar-refractivity contribution in [1.82, 2.24) is 9.97 Å². The minimum atomic E-state index is -0.265. The first kappa shape index (κ1) is 13.1. The lowest BCUT2D eigenvalue weighted by molar-refractivity contribution is 0.619. The lowest BCUT2D eigenvalue weighted by Crippen LogP contribution is -2.06. The van der Waals surface area contributed by atoms with Crippen molar-refractivity contribution in [3.63, 3.8) is 0 Å². The number of halogens is 1. The van der Waals surface area contributed by atoms with E-state index >= 15 is 0 Å². The van der Waals surface area contributed by atoms with Gasteiger partial charge in [0.15, 0.2) is 0 Å². The molecule has 4 N–H and O–H groups in total. The molecule has 0 amide bonds. The van der Waals surface area contributed by atoms with E-state index in [1.54, 1.807) is 25.1 Å². The van der Waals surface area contributed by atoms with Gasteiger partial charge in [-0.3, -0.25) is 0 Å². The zero-order chi connectivity index (χ0) is 13.8. The molecule has 0 bridgehead atoms. The quantitative estimate of drug-likeness (QED) is 0.789. The van der Waals surface area contributed by atoms with Crippen molar-refractivity contribution in [1.29, 1.82) is 0 Å². The Morgan fingerprint density at radius 1 is 1.26 bits per heavy atom. The number of hydrogen-bond acceptors (Lipinski definition) is 5. The van der Waals surface area contributed by atoms with Gasteiger partial charge >= 0.3 is 0 Å². The highest BCUT2D eigenvalue weighted by atomic mass is 19.1. The zero-order valence-corrected chi connectivity index (χ0v) is 10.9. The first-order valence-electron chi connectivity index (χ1n) is 6.00. The molecular weight excluding hydrogens is 245 g/mol. The fourth-order valence-corrected chi connectivity index (χ4v) is 1.68. The lowest BCUT2D eigenvalue weighted by atomic mass is 10.2. The van der Waals surface area contributed by atoms with Crippen LogP contribution in [0.4, 0.5) is 27.7 Å². The van der Waals surface area contributed by atoms with Crippen LogP contribution in [0.5, 0.6) is 0 Å². The van der Waals surface area contributed by atoms with Crippen molar-refractivity contribution < 1.29 is 4.39 Å². The van der Waals surface area contributed by atoms with Crippen LogP contribution in [0.15, 0.2) is 24.3 Å². The molecular formula is C13H16FN5. The molecule has 0 saturated carbocycles. The summed E-state index contributed by atoms with van der Waals surface area (Å²) >= 11 is 0. The summed E-state index contributed by atoms with van der Waals surface area (Å²) in [5.41, 5.74) is 6.82. The normalized spacial score (nSPS) is 10.3. The number of hydrogen-bond donors (Lipinski definition) is 3. The average molecular weight is 261 g/mol. The molecule has 0 aliphatic carbocycles. The molecule has 6 heteroatoms. The molecule has 19 heavy (non-hydrogen) atoms. The molecule has 0 fully saturated rings. The zero-order valence-electron chi connectivity index (χ0n) is 10.9. The summed E-state index contributed by atoms with van der Waals surface area (Å²) in [4.78, 5) is 8.12. The number of benzene rings is 1. The predicted octanol–water partition coefficient (Wildman–Crippen LogP) is 2.68. The van der Waals surface area contributed by atoms with Crippen molar-refractivity contribution in [2.24, 2.45) is 0 Å². The summed E-state index contributed by atoms with van der Waals surface area (Å²) < 4.78 is 13.5. The van der Waals surface area contributed by atoms with Gasteiger partial charge in [0.2, 0.25) is 5.95 Å². The van der Waals surface area contributed by atoms with Crippen LogP contribution < -0.4 is 16.4 Å². The second kappa shape index (κ2) is 5.51. The van der Waals surface area contributed by atoms with Gasteiger partial charge in [-0.2, -0.15) is 9.97 Å². The van der Waals surface area contributed by atoms with Gasteiger partial charge in [0.1, 0.15) is 17.5 Å². The van der Waals surface area contributed by atoms with E-state index in [-0.39, 0.29) is 11.8 Å². The van der Waals surface area contributed by atoms with Crippen LogP contribution in [-0.4, -0.2) is 16.5 Å². The Hall–Kier alpha value is -2.37. The van der Waals surface area contributed by atoms with Gasteiger partial charge in [-0.1, -0.05) is 6.07 Å². The topological polar surface area (TPSA) is 75.9 Å². The Kier molecular flexibility index (Phi) is 3.79. The summed E-state index contributed by atoms with van der Waals surface area (Å²) in [6.45, 7) is 4.39. The first-order chi connectivity index (χ1) is 9.10. The molecule has 1 heterocycles. The fraction of sp³-hybridized carbons (Fsp3) is 0.231. The molecule has 100 valence electrons. The van der Waals surface area contributed by atoms with Crippen LogP contribution >= 0.6 is 0 Å². The largest absolute Gasteiger partial charge is 0.370 e. The molecule has 2 aromatic rings. The second-order valence-corrected chi connectivity index (χ2v) is 4.06. The van der Waals surface area contributed by atoms with Crippen LogP contribution in [0.2, 0.25) is 0 Å². The maximum absolute atomic E-state index is 13.5. The average Bonchev–Trinajstić information content (AvgIpc) is 2.35. The Balaban J connectivity index is 2.30. The highest BCUT2D eigenvalue weighted by Gasteiger charge is 2.06. The lowest BCUT2D eigenvalue weighted by Gasteiger charge is -2.11. The standard InChI is InChI=1S/C13H16FN5/c1-3-16-11-7-12(19-13(15)18-11)17-10-6-4-5-9(14)8(10)2/h4-7H,3H2,1-2H3,(H4,15,16,17,18,19). The van der Waals surface area contributed by atoms with E-state index in [0.717, 1.165) is 6.54 Å². The number of nitrogens with two attached hydrogens (primary N) is 1. The molecule has 0 spiro atoms. The molecule has 0 aliphatic rings. The minimum Gasteiger partial charge on any atom is -0.370 e. The number of anilines is 4. The van der Waals surface area contributed by atoms with Crippen LogP contribution in [0, 0.1) is 12.7 Å². The molecule has 2 rings (SSSR count). The van der Waals surface area contributed by atoms with E-state index in [1.807, 2.05) is 6.92 Å². The van der Waals surface area contributed by atoms with Crippen molar-refractivity contribution in [2.75, 3.05) is 22.9 Å². The van der Waals surface area contributed by atoms with Gasteiger partial charge in [-0.25, -0.2) is 4.39 Å². The highest BCUT2D eigenvalue weighted by molar-refractivity contribution is 5.63. The summed E-state index contributed by atoms with van der Waals surface area (Å²) in [6.07, 6.45) is 0. The second-order valence-electron chi connectivity index (χ2n) is 4.06. The molecule has 0 aliphatic heterocycles. The highest BCUT2D eigenvalue weighted by Crippen LogP contribution is 2.22. The fourth-order valence-electron chi connectivity index (χ4n) is 1.68. The first-order valence-corrected chi connectivity index (χ1v) is 6.00. The Labute approximate surface area is 111 Å². The van der Waals surface area contributed by atoms with Crippen molar-refractivity contribution in [2.45, 2.75) is 13.8 Å². The molecule has 1 aromatic carbocycles. The molecule has 0 radical (unpaired) electrons. The molecule has 1 aromatic heterocycles. The van der Waals surface area contributed by atoms with Gasteiger partial charge < -0.3 is 16.4 Å². The van der Waals surface area contributed by atoms with Crippen molar-refractivity contribution in [3.8, 4) is 0 Å². The van der Waals surface area contributed by atoms with E-state index in [9.17, 15) is 4.39 Å². The van der Waals surface area contributed by atoms with Crippen molar-refractivity contribution >= 4 is 23.3 Å². The van der Waals surface area contributed by atoms with Gasteiger partial charge in [0.05, 0.1) is 0 Å². The summed E-state index contributed by atoms with van der Waals surface area (Å²) in [5, 5.41) is 6.10. The summed E-state index contributed by atoms with van der Waals surface area (Å²) in [6, 6.07) is 6.56. The van der Waals surface area contributed by atoms with Crippen molar-refractivity contribution in [3.05, 3.63) is 35.6 Å². The smallest absolute Gasteiger partial charge is 0.223 e. The number of nitrogens with one attached hydrogen (secondary N) is 2. The molecule has 0 unspecified atom stereocenters. The maximum atomic E-state index is 13.5. The third kappa shape index (κ3) is 3.09. The third-order valence-corrected chi connectivity index (χ3v) is 2.63. The summed E-state index contributed by atoms with van der Waals surface area (Å²) in [5.74, 6) is 1.05. The van der Waals surface area contributed by atoms with Crippen LogP contribution in [0.1, 0.15) is 12.5 Å². The van der Waals surface area contributed by atoms with Gasteiger partial charge in [0.25, 0.3) is 0 Å². The summed E-state index contributed by atoms with van der Waals surface area (Å²) in [7, 11) is 0. The van der Waals surface area contributed by atoms with Crippen LogP contribution in [-0.2, 0) is 0 Å². The number of rotatable bonds is 4. The van der Waals surface area contributed by atoms with Gasteiger partial charge in [-0.05, 0) is 26.0 Å². The maximum Gasteiger partial charge on any atom is 0.223 e. The molecule has 0 atom stereocenters. The minimum absolute atomic E-state index is 0.162. The van der Waals surface area contributed by atoms with E-state index in [0.29, 0.717) is 22.9 Å². The number of nitrogen functional groups attached to an aromatic ring is 1. The van der Waals surface area contributed by atoms with E-state index < -0.39 is 0 Å². The van der Waals surface area contributed by atoms with Gasteiger partial charge in [-0.15, -0.1) is 0 Å². The van der Waals surface area contributed by atoms with E-state index in [4.69, 9.17) is 5.73 Å². The van der Waals surface area contributed by atoms with Gasteiger partial charge in [0, 0.05) is 23.9 Å². The van der Waals surface area contributed by atoms with Crippen LogP contribution in [0.25, 0.3) is 0 Å². The Morgan fingerprint density at radius 2 is 2.00 bits per heavy atom. The van der Waals surface area contributed by atoms with Crippen LogP contribution in [0.3, 0.4) is 0 Å².